The summed E-state index contributed by atoms with van der Waals surface area (Å²) in [5.41, 5.74) is 7.75. The van der Waals surface area contributed by atoms with E-state index in [2.05, 4.69) is 11.4 Å². The van der Waals surface area contributed by atoms with Gasteiger partial charge in [0.15, 0.2) is 0 Å². The minimum Gasteiger partial charge on any atom is -0.369 e. The Morgan fingerprint density at radius 1 is 1.12 bits per heavy atom. The fourth-order valence-corrected chi connectivity index (χ4v) is 6.07. The van der Waals surface area contributed by atoms with Gasteiger partial charge in [-0.05, 0) is 29.8 Å². The van der Waals surface area contributed by atoms with Crippen LogP contribution in [0.2, 0.25) is 0 Å². The van der Waals surface area contributed by atoms with Gasteiger partial charge in [-0.15, -0.1) is 35.3 Å². The van der Waals surface area contributed by atoms with Gasteiger partial charge >= 0.3 is 0 Å². The van der Waals surface area contributed by atoms with Gasteiger partial charge in [0, 0.05) is 22.1 Å². The molecule has 7 heteroatoms. The van der Waals surface area contributed by atoms with Gasteiger partial charge in [0.2, 0.25) is 5.91 Å². The van der Waals surface area contributed by atoms with E-state index in [1.54, 1.807) is 6.07 Å². The van der Waals surface area contributed by atoms with Crippen molar-refractivity contribution >= 4 is 52.8 Å². The molecule has 2 aromatic carbocycles. The smallest absolute Gasteiger partial charge is 0.256 e. The number of rotatable bonds is 6. The first-order valence-corrected chi connectivity index (χ1v) is 10.9. The van der Waals surface area contributed by atoms with Gasteiger partial charge in [-0.25, -0.2) is 0 Å². The molecular weight excluding hydrogens is 372 g/mol. The Bertz CT molecular complexity index is 776. The first-order chi connectivity index (χ1) is 12.1. The van der Waals surface area contributed by atoms with E-state index in [1.807, 2.05) is 59.9 Å². The minimum absolute atomic E-state index is 0.149. The normalized spacial score (nSPS) is 14.4. The van der Waals surface area contributed by atoms with E-state index in [-0.39, 0.29) is 11.7 Å². The Balaban J connectivity index is 1.74. The summed E-state index contributed by atoms with van der Waals surface area (Å²) in [5, 5.41) is 2.96. The van der Waals surface area contributed by atoms with Crippen LogP contribution in [-0.2, 0) is 4.79 Å². The second kappa shape index (κ2) is 8.69. The number of hydrogen-bond donors (Lipinski definition) is 2. The van der Waals surface area contributed by atoms with Crippen LogP contribution in [0.3, 0.4) is 0 Å². The van der Waals surface area contributed by atoms with E-state index >= 15 is 0 Å². The first kappa shape index (κ1) is 18.2. The maximum atomic E-state index is 12.7. The lowest BCUT2D eigenvalue weighted by Gasteiger charge is -2.12. The van der Waals surface area contributed by atoms with Gasteiger partial charge in [0.1, 0.15) is 0 Å². The molecule has 0 spiro atoms. The minimum atomic E-state index is -0.403. The summed E-state index contributed by atoms with van der Waals surface area (Å²) >= 11 is 5.14. The largest absolute Gasteiger partial charge is 0.369 e. The van der Waals surface area contributed by atoms with Crippen molar-refractivity contribution in [3.05, 3.63) is 59.7 Å². The van der Waals surface area contributed by atoms with Crippen LogP contribution in [-0.4, -0.2) is 29.1 Å². The van der Waals surface area contributed by atoms with Crippen molar-refractivity contribution in [1.29, 1.82) is 0 Å². The Kier molecular flexibility index (Phi) is 6.34. The highest BCUT2D eigenvalue weighted by molar-refractivity contribution is 8.19. The van der Waals surface area contributed by atoms with Crippen molar-refractivity contribution in [2.45, 2.75) is 9.48 Å². The van der Waals surface area contributed by atoms with Crippen molar-refractivity contribution in [2.24, 2.45) is 5.73 Å². The SMILES string of the molecule is NC(=O)CSc1ccccc1C(=O)Nc1cccc(C2SCCS2)c1. The number of primary amides is 1. The second-order valence-corrected chi connectivity index (χ2v) is 9.15. The van der Waals surface area contributed by atoms with Crippen LogP contribution < -0.4 is 11.1 Å². The predicted octanol–water partition coefficient (Wildman–Crippen LogP) is 3.99. The molecule has 2 aromatic rings. The van der Waals surface area contributed by atoms with Crippen LogP contribution in [0.15, 0.2) is 53.4 Å². The number of nitrogens with one attached hydrogen (secondary N) is 1. The predicted molar refractivity (Wildman–Crippen MR) is 108 cm³/mol. The molecule has 3 rings (SSSR count). The van der Waals surface area contributed by atoms with Crippen LogP contribution in [0.25, 0.3) is 0 Å². The molecule has 130 valence electrons. The summed E-state index contributed by atoms with van der Waals surface area (Å²) in [5.74, 6) is 1.89. The molecule has 0 radical (unpaired) electrons. The number of hydrogen-bond acceptors (Lipinski definition) is 5. The van der Waals surface area contributed by atoms with Gasteiger partial charge in [0.25, 0.3) is 5.91 Å². The number of benzene rings is 2. The lowest BCUT2D eigenvalue weighted by Crippen LogP contribution is -2.15. The quantitative estimate of drug-likeness (QED) is 0.730. The summed E-state index contributed by atoms with van der Waals surface area (Å²) in [6, 6.07) is 15.2. The number of carbonyl (C=O) groups is 2. The Labute approximate surface area is 159 Å². The van der Waals surface area contributed by atoms with E-state index in [0.717, 1.165) is 22.1 Å². The molecule has 0 atom stereocenters. The molecule has 1 aliphatic rings. The zero-order valence-electron chi connectivity index (χ0n) is 13.4. The van der Waals surface area contributed by atoms with E-state index < -0.39 is 5.91 Å². The van der Waals surface area contributed by atoms with Crippen molar-refractivity contribution in [3.63, 3.8) is 0 Å². The number of nitrogens with two attached hydrogens (primary N) is 1. The van der Waals surface area contributed by atoms with Gasteiger partial charge in [0.05, 0.1) is 15.9 Å². The molecule has 1 fully saturated rings. The molecule has 1 aliphatic heterocycles. The summed E-state index contributed by atoms with van der Waals surface area (Å²) in [4.78, 5) is 24.4. The van der Waals surface area contributed by atoms with Crippen molar-refractivity contribution in [3.8, 4) is 0 Å². The molecule has 2 amide bonds. The van der Waals surface area contributed by atoms with Crippen LogP contribution >= 0.6 is 35.3 Å². The van der Waals surface area contributed by atoms with Gasteiger partial charge in [-0.2, -0.15) is 0 Å². The van der Waals surface area contributed by atoms with Gasteiger partial charge in [-0.3, -0.25) is 9.59 Å². The third-order valence-corrected chi connectivity index (χ3v) is 7.74. The molecule has 1 saturated heterocycles. The molecule has 0 aromatic heterocycles. The maximum Gasteiger partial charge on any atom is 0.256 e. The molecule has 0 unspecified atom stereocenters. The van der Waals surface area contributed by atoms with Crippen LogP contribution in [0.5, 0.6) is 0 Å². The average molecular weight is 391 g/mol. The highest BCUT2D eigenvalue weighted by atomic mass is 32.2. The number of amides is 2. The van der Waals surface area contributed by atoms with Crippen molar-refractivity contribution in [2.75, 3.05) is 22.6 Å². The molecule has 1 heterocycles. The third kappa shape index (κ3) is 4.96. The monoisotopic (exact) mass is 390 g/mol. The second-order valence-electron chi connectivity index (χ2n) is 5.40. The summed E-state index contributed by atoms with van der Waals surface area (Å²) in [6.45, 7) is 0. The van der Waals surface area contributed by atoms with E-state index in [9.17, 15) is 9.59 Å². The Hall–Kier alpha value is -1.57. The molecule has 0 aliphatic carbocycles. The lowest BCUT2D eigenvalue weighted by atomic mass is 10.2. The van der Waals surface area contributed by atoms with E-state index in [1.165, 1.54) is 17.3 Å². The molecule has 25 heavy (non-hydrogen) atoms. The summed E-state index contributed by atoms with van der Waals surface area (Å²) in [7, 11) is 0. The van der Waals surface area contributed by atoms with Gasteiger partial charge < -0.3 is 11.1 Å². The zero-order chi connectivity index (χ0) is 17.6. The zero-order valence-corrected chi connectivity index (χ0v) is 15.9. The van der Waals surface area contributed by atoms with E-state index in [0.29, 0.717) is 10.1 Å². The Morgan fingerprint density at radius 3 is 2.64 bits per heavy atom. The molecule has 3 N–H and O–H groups in total. The van der Waals surface area contributed by atoms with Crippen LogP contribution in [0, 0.1) is 0 Å². The Morgan fingerprint density at radius 2 is 1.88 bits per heavy atom. The van der Waals surface area contributed by atoms with Crippen LogP contribution in [0.1, 0.15) is 20.5 Å². The highest BCUT2D eigenvalue weighted by Crippen LogP contribution is 2.45. The van der Waals surface area contributed by atoms with Gasteiger partial charge in [-0.1, -0.05) is 24.3 Å². The van der Waals surface area contributed by atoms with Crippen molar-refractivity contribution < 1.29 is 9.59 Å². The molecule has 0 saturated carbocycles. The number of carbonyl (C=O) groups excluding carboxylic acids is 2. The van der Waals surface area contributed by atoms with E-state index in [4.69, 9.17) is 5.73 Å². The maximum absolute atomic E-state index is 12.7. The standard InChI is InChI=1S/C18H18N2O2S3/c19-16(21)11-25-15-7-2-1-6-14(15)17(22)20-13-5-3-4-12(10-13)18-23-8-9-24-18/h1-7,10,18H,8-9,11H2,(H2,19,21)(H,20,22). The highest BCUT2D eigenvalue weighted by Gasteiger charge is 2.19. The molecular formula is C18H18N2O2S3. The van der Waals surface area contributed by atoms with Crippen molar-refractivity contribution in [1.82, 2.24) is 0 Å². The number of anilines is 1. The average Bonchev–Trinajstić information content (AvgIpc) is 3.15. The molecule has 0 bridgehead atoms. The lowest BCUT2D eigenvalue weighted by molar-refractivity contribution is -0.115. The van der Waals surface area contributed by atoms with Crippen LogP contribution in [0.4, 0.5) is 5.69 Å². The first-order valence-electron chi connectivity index (χ1n) is 7.78. The number of thioether (sulfide) groups is 3. The fourth-order valence-electron chi connectivity index (χ4n) is 2.44. The topological polar surface area (TPSA) is 72.2 Å². The third-order valence-electron chi connectivity index (χ3n) is 3.54. The fraction of sp³-hybridized carbons (Fsp3) is 0.222. The molecule has 4 nitrogen and oxygen atoms in total. The summed E-state index contributed by atoms with van der Waals surface area (Å²) in [6.07, 6.45) is 0. The summed E-state index contributed by atoms with van der Waals surface area (Å²) < 4.78 is 0.440.